The molecule has 0 aliphatic heterocycles. The lowest BCUT2D eigenvalue weighted by Gasteiger charge is -2.38. The third kappa shape index (κ3) is 16.5. The van der Waals surface area contributed by atoms with Crippen LogP contribution in [-0.2, 0) is 52.3 Å². The molecule has 0 saturated carbocycles. The first-order valence-corrected chi connectivity index (χ1v) is 21.4. The van der Waals surface area contributed by atoms with Gasteiger partial charge in [-0.1, -0.05) is 62.4 Å². The smallest absolute Gasteiger partial charge is 0.407 e. The van der Waals surface area contributed by atoms with E-state index in [0.717, 1.165) is 12.8 Å². The summed E-state index contributed by atoms with van der Waals surface area (Å²) in [6.45, 7) is 10.1. The van der Waals surface area contributed by atoms with Crippen LogP contribution in [0.4, 0.5) is 4.79 Å². The normalized spacial score (nSPS) is 16.9. The third-order valence-electron chi connectivity index (χ3n) is 10.2. The van der Waals surface area contributed by atoms with Gasteiger partial charge in [-0.3, -0.25) is 14.4 Å². The second-order valence-corrected chi connectivity index (χ2v) is 14.7. The van der Waals surface area contributed by atoms with Crippen LogP contribution in [0.15, 0.2) is 60.2 Å². The average molecular weight is 853 g/mol. The molecule has 4 amide bonds. The monoisotopic (exact) mass is 852 g/mol. The van der Waals surface area contributed by atoms with Crippen molar-refractivity contribution in [2.24, 2.45) is 0 Å². The Balaban J connectivity index is 0.973. The fourth-order valence-electron chi connectivity index (χ4n) is 7.22. The molecule has 0 saturated heterocycles. The van der Waals surface area contributed by atoms with Crippen LogP contribution in [0, 0.1) is 0 Å². The quantitative estimate of drug-likeness (QED) is 0.0712. The maximum atomic E-state index is 12.9. The Hall–Kier alpha value is -4.87. The molecule has 0 fully saturated rings. The standard InChI is InChI=1S/C45H64N4O12/c1-5-33(6-2)61-40-27-32(44(53)59-7-3)26-39(43(40)48-31(4)50)49-42(52)30-58-29-41(51)46-18-12-20-55-22-24-57-25-23-56-21-13-19-47-45(54)60-28-38-36-16-10-8-14-34(36)35-15-9-11-17-37(35)38/h8-11,14-17,27,33,38-40,43H,5-7,12-13,18-26,28-30H2,1-4H3,(H,46,51)(H,47,54)(H,48,50)(H,49,52)/t39-,40+,43+/m0/s1. The molecular formula is C45H64N4O12. The number of rotatable bonds is 28. The Labute approximate surface area is 359 Å². The van der Waals surface area contributed by atoms with Crippen molar-refractivity contribution in [1.29, 1.82) is 0 Å². The van der Waals surface area contributed by atoms with E-state index in [2.05, 4.69) is 45.5 Å². The van der Waals surface area contributed by atoms with Gasteiger partial charge in [0, 0.05) is 51.1 Å². The van der Waals surface area contributed by atoms with Gasteiger partial charge in [0.15, 0.2) is 0 Å². The number of nitrogens with one attached hydrogen (secondary N) is 4. The van der Waals surface area contributed by atoms with E-state index < -0.39 is 42.8 Å². The van der Waals surface area contributed by atoms with Gasteiger partial charge in [-0.15, -0.1) is 0 Å². The van der Waals surface area contributed by atoms with Gasteiger partial charge in [-0.25, -0.2) is 9.59 Å². The van der Waals surface area contributed by atoms with Crippen molar-refractivity contribution in [3.05, 3.63) is 71.3 Å². The molecule has 0 unspecified atom stereocenters. The minimum Gasteiger partial charge on any atom is -0.463 e. The molecule has 0 spiro atoms. The SMILES string of the molecule is CCOC(=O)C1=C[C@@H](OC(CC)CC)[C@H](NC(C)=O)[C@@H](NC(=O)COCC(=O)NCCCOCCOCCOCCCNC(=O)OCC2c3ccccc3-c3ccccc32)C1. The minimum atomic E-state index is -0.679. The molecule has 16 heteroatoms. The molecule has 2 aromatic rings. The highest BCUT2D eigenvalue weighted by molar-refractivity contribution is 5.89. The number of carbonyl (C=O) groups is 5. The highest BCUT2D eigenvalue weighted by atomic mass is 16.6. The molecule has 4 rings (SSSR count). The molecule has 0 heterocycles. The maximum Gasteiger partial charge on any atom is 0.407 e. The molecular weight excluding hydrogens is 789 g/mol. The number of esters is 1. The highest BCUT2D eigenvalue weighted by Gasteiger charge is 2.38. The number of benzene rings is 2. The Morgan fingerprint density at radius 2 is 1.26 bits per heavy atom. The Kier molecular flexibility index (Phi) is 21.7. The van der Waals surface area contributed by atoms with Crippen LogP contribution in [0.5, 0.6) is 0 Å². The van der Waals surface area contributed by atoms with Gasteiger partial charge in [0.05, 0.1) is 57.3 Å². The number of amides is 4. The lowest BCUT2D eigenvalue weighted by Crippen LogP contribution is -2.60. The highest BCUT2D eigenvalue weighted by Crippen LogP contribution is 2.44. The van der Waals surface area contributed by atoms with Crippen LogP contribution in [0.1, 0.15) is 76.8 Å². The molecule has 3 atom stereocenters. The van der Waals surface area contributed by atoms with Crippen molar-refractivity contribution >= 4 is 29.8 Å². The van der Waals surface area contributed by atoms with Crippen molar-refractivity contribution in [3.8, 4) is 11.1 Å². The van der Waals surface area contributed by atoms with E-state index in [-0.39, 0.29) is 50.1 Å². The summed E-state index contributed by atoms with van der Waals surface area (Å²) < 4.78 is 39.0. The molecule has 4 N–H and O–H groups in total. The Bertz CT molecular complexity index is 1690. The zero-order valence-corrected chi connectivity index (χ0v) is 36.0. The van der Waals surface area contributed by atoms with Crippen LogP contribution in [0.25, 0.3) is 11.1 Å². The summed E-state index contributed by atoms with van der Waals surface area (Å²) in [4.78, 5) is 62.2. The Morgan fingerprint density at radius 3 is 1.85 bits per heavy atom. The zero-order valence-electron chi connectivity index (χ0n) is 36.0. The summed E-state index contributed by atoms with van der Waals surface area (Å²) in [5, 5.41) is 11.2. The lowest BCUT2D eigenvalue weighted by molar-refractivity contribution is -0.140. The average Bonchev–Trinajstić information content (AvgIpc) is 3.57. The van der Waals surface area contributed by atoms with Crippen LogP contribution < -0.4 is 21.3 Å². The number of alkyl carbamates (subject to hydrolysis) is 1. The van der Waals surface area contributed by atoms with Gasteiger partial charge in [-0.2, -0.15) is 0 Å². The van der Waals surface area contributed by atoms with E-state index in [0.29, 0.717) is 71.1 Å². The van der Waals surface area contributed by atoms with E-state index in [1.165, 1.54) is 29.2 Å². The van der Waals surface area contributed by atoms with Crippen LogP contribution in [0.3, 0.4) is 0 Å². The first-order valence-electron chi connectivity index (χ1n) is 21.4. The molecule has 336 valence electrons. The number of carbonyl (C=O) groups excluding carboxylic acids is 5. The summed E-state index contributed by atoms with van der Waals surface area (Å²) >= 11 is 0. The van der Waals surface area contributed by atoms with Gasteiger partial charge >= 0.3 is 12.1 Å². The van der Waals surface area contributed by atoms with Crippen molar-refractivity contribution in [3.63, 3.8) is 0 Å². The molecule has 0 radical (unpaired) electrons. The third-order valence-corrected chi connectivity index (χ3v) is 10.2. The van der Waals surface area contributed by atoms with Crippen LogP contribution >= 0.6 is 0 Å². The zero-order chi connectivity index (χ0) is 43.8. The number of hydrogen-bond donors (Lipinski definition) is 4. The summed E-state index contributed by atoms with van der Waals surface area (Å²) in [5.41, 5.74) is 5.07. The van der Waals surface area contributed by atoms with Gasteiger partial charge in [0.25, 0.3) is 0 Å². The van der Waals surface area contributed by atoms with Crippen molar-refractivity contribution in [2.45, 2.75) is 90.0 Å². The van der Waals surface area contributed by atoms with E-state index in [1.54, 1.807) is 13.0 Å². The van der Waals surface area contributed by atoms with E-state index >= 15 is 0 Å². The number of ether oxygens (including phenoxy) is 7. The topological polar surface area (TPSA) is 198 Å². The Morgan fingerprint density at radius 1 is 0.689 bits per heavy atom. The number of fused-ring (bicyclic) bond motifs is 3. The van der Waals surface area contributed by atoms with E-state index in [4.69, 9.17) is 33.2 Å². The largest absolute Gasteiger partial charge is 0.463 e. The predicted molar refractivity (Wildman–Crippen MR) is 227 cm³/mol. The summed E-state index contributed by atoms with van der Waals surface area (Å²) in [5.74, 6) is -1.70. The molecule has 0 bridgehead atoms. The fourth-order valence-corrected chi connectivity index (χ4v) is 7.22. The molecule has 0 aromatic heterocycles. The molecule has 2 aliphatic carbocycles. The molecule has 61 heavy (non-hydrogen) atoms. The molecule has 2 aliphatic rings. The molecule has 16 nitrogen and oxygen atoms in total. The minimum absolute atomic E-state index is 0.0211. The maximum absolute atomic E-state index is 12.9. The van der Waals surface area contributed by atoms with Gasteiger partial charge in [-0.05, 0) is 60.9 Å². The second kappa shape index (κ2) is 27.2. The first kappa shape index (κ1) is 48.8. The summed E-state index contributed by atoms with van der Waals surface area (Å²) in [7, 11) is 0. The van der Waals surface area contributed by atoms with Crippen molar-refractivity contribution < 1.29 is 57.1 Å². The van der Waals surface area contributed by atoms with Gasteiger partial charge in [0.1, 0.15) is 19.8 Å². The first-order chi connectivity index (χ1) is 29.6. The van der Waals surface area contributed by atoms with Gasteiger partial charge in [0.2, 0.25) is 17.7 Å². The van der Waals surface area contributed by atoms with E-state index in [9.17, 15) is 24.0 Å². The molecule has 2 aromatic carbocycles. The summed E-state index contributed by atoms with van der Waals surface area (Å²) in [6.07, 6.45) is 3.22. The van der Waals surface area contributed by atoms with Gasteiger partial charge < -0.3 is 54.4 Å². The van der Waals surface area contributed by atoms with E-state index in [1.807, 2.05) is 38.1 Å². The van der Waals surface area contributed by atoms with Crippen molar-refractivity contribution in [1.82, 2.24) is 21.3 Å². The van der Waals surface area contributed by atoms with Crippen molar-refractivity contribution in [2.75, 3.05) is 79.2 Å². The van der Waals surface area contributed by atoms with Crippen LogP contribution in [0.2, 0.25) is 0 Å². The number of hydrogen-bond acceptors (Lipinski definition) is 12. The fraction of sp³-hybridized carbons (Fsp3) is 0.578. The predicted octanol–water partition coefficient (Wildman–Crippen LogP) is 3.94. The lowest BCUT2D eigenvalue weighted by atomic mass is 9.87. The summed E-state index contributed by atoms with van der Waals surface area (Å²) in [6, 6.07) is 15.1. The second-order valence-electron chi connectivity index (χ2n) is 14.7. The van der Waals surface area contributed by atoms with Crippen LogP contribution in [-0.4, -0.2) is 133 Å².